The number of nitrogens with one attached hydrogen (secondary N) is 1. The lowest BCUT2D eigenvalue weighted by Gasteiger charge is -2.19. The van der Waals surface area contributed by atoms with Crippen molar-refractivity contribution in [3.05, 3.63) is 42.5 Å². The number of methoxy groups -OCH3 is 3. The van der Waals surface area contributed by atoms with E-state index in [0.29, 0.717) is 22.9 Å². The molecule has 1 aliphatic heterocycles. The minimum absolute atomic E-state index is 0.0695. The van der Waals surface area contributed by atoms with Gasteiger partial charge in [0.1, 0.15) is 23.3 Å². The molecule has 0 saturated carbocycles. The van der Waals surface area contributed by atoms with Gasteiger partial charge in [0.05, 0.1) is 33.4 Å². The number of hydrogen-bond donors (Lipinski definition) is 1. The fraction of sp³-hybridized carbons (Fsp3) is 0.263. The van der Waals surface area contributed by atoms with Crippen molar-refractivity contribution in [2.24, 2.45) is 0 Å². The molecule has 0 radical (unpaired) electrons. The van der Waals surface area contributed by atoms with E-state index in [1.54, 1.807) is 49.6 Å². The summed E-state index contributed by atoms with van der Waals surface area (Å²) in [4.78, 5) is 26.4. The normalized spacial score (nSPS) is 16.6. The first-order valence-electron chi connectivity index (χ1n) is 8.06. The van der Waals surface area contributed by atoms with Crippen LogP contribution in [0.2, 0.25) is 0 Å². The number of anilines is 2. The third-order valence-corrected chi connectivity index (χ3v) is 4.21. The highest BCUT2D eigenvalue weighted by Crippen LogP contribution is 2.35. The molecule has 2 aromatic carbocycles. The molecule has 3 rings (SSSR count). The number of ether oxygens (including phenoxy) is 3. The van der Waals surface area contributed by atoms with Crippen LogP contribution in [0.15, 0.2) is 42.5 Å². The zero-order valence-corrected chi connectivity index (χ0v) is 14.8. The molecule has 1 aliphatic rings. The minimum atomic E-state index is -0.636. The van der Waals surface area contributed by atoms with E-state index in [2.05, 4.69) is 5.32 Å². The molecule has 0 aromatic heterocycles. The second kappa shape index (κ2) is 7.35. The Balaban J connectivity index is 1.82. The third kappa shape index (κ3) is 3.28. The van der Waals surface area contributed by atoms with Gasteiger partial charge < -0.3 is 19.5 Å². The third-order valence-electron chi connectivity index (χ3n) is 4.21. The molecule has 7 heteroatoms. The van der Waals surface area contributed by atoms with Crippen LogP contribution < -0.4 is 24.4 Å². The van der Waals surface area contributed by atoms with E-state index in [0.717, 1.165) is 10.6 Å². The lowest BCUT2D eigenvalue weighted by atomic mass is 10.2. The standard InChI is InChI=1S/C19H20N2O5/c1-24-13-6-4-12(5-7-13)20-15-11-18(22)21(19(15)23)16-9-8-14(25-2)10-17(16)26-3/h4-10,15,20H,11H2,1-3H3/t15-/m1/s1. The number of benzene rings is 2. The predicted octanol–water partition coefficient (Wildman–Crippen LogP) is 2.46. The first-order chi connectivity index (χ1) is 12.6. The SMILES string of the molecule is COc1ccc(N[C@@H]2CC(=O)N(c3ccc(OC)cc3OC)C2=O)cc1. The van der Waals surface area contributed by atoms with Crippen LogP contribution in [0.3, 0.4) is 0 Å². The van der Waals surface area contributed by atoms with E-state index >= 15 is 0 Å². The highest BCUT2D eigenvalue weighted by Gasteiger charge is 2.40. The fourth-order valence-corrected chi connectivity index (χ4v) is 2.86. The maximum atomic E-state index is 12.8. The molecule has 0 bridgehead atoms. The van der Waals surface area contributed by atoms with Crippen LogP contribution >= 0.6 is 0 Å². The van der Waals surface area contributed by atoms with Crippen LogP contribution in [-0.4, -0.2) is 39.2 Å². The van der Waals surface area contributed by atoms with Crippen molar-refractivity contribution >= 4 is 23.2 Å². The molecule has 0 aliphatic carbocycles. The Morgan fingerprint density at radius 1 is 0.923 bits per heavy atom. The zero-order chi connectivity index (χ0) is 18.7. The average Bonchev–Trinajstić information content (AvgIpc) is 2.95. The Labute approximate surface area is 151 Å². The first-order valence-corrected chi connectivity index (χ1v) is 8.06. The Hall–Kier alpha value is -3.22. The van der Waals surface area contributed by atoms with Gasteiger partial charge in [-0.15, -0.1) is 0 Å². The van der Waals surface area contributed by atoms with E-state index in [-0.39, 0.29) is 18.2 Å². The molecule has 136 valence electrons. The summed E-state index contributed by atoms with van der Waals surface area (Å²) in [6.45, 7) is 0. The van der Waals surface area contributed by atoms with Gasteiger partial charge in [0.2, 0.25) is 5.91 Å². The van der Waals surface area contributed by atoms with E-state index in [9.17, 15) is 9.59 Å². The lowest BCUT2D eigenvalue weighted by molar-refractivity contribution is -0.121. The molecule has 2 aromatic rings. The molecule has 0 spiro atoms. The van der Waals surface area contributed by atoms with Gasteiger partial charge in [0.25, 0.3) is 5.91 Å². The zero-order valence-electron chi connectivity index (χ0n) is 14.8. The quantitative estimate of drug-likeness (QED) is 0.801. The smallest absolute Gasteiger partial charge is 0.256 e. The Kier molecular flexibility index (Phi) is 4.97. The second-order valence-electron chi connectivity index (χ2n) is 5.73. The maximum Gasteiger partial charge on any atom is 0.256 e. The minimum Gasteiger partial charge on any atom is -0.497 e. The molecule has 7 nitrogen and oxygen atoms in total. The maximum absolute atomic E-state index is 12.8. The fourth-order valence-electron chi connectivity index (χ4n) is 2.86. The lowest BCUT2D eigenvalue weighted by Crippen LogP contribution is -2.35. The van der Waals surface area contributed by atoms with Crippen molar-refractivity contribution in [1.29, 1.82) is 0 Å². The highest BCUT2D eigenvalue weighted by molar-refractivity contribution is 6.23. The molecule has 2 amide bonds. The molecule has 0 unspecified atom stereocenters. The molecular formula is C19H20N2O5. The summed E-state index contributed by atoms with van der Waals surface area (Å²) in [6.07, 6.45) is 0.0695. The first kappa shape index (κ1) is 17.6. The summed E-state index contributed by atoms with van der Waals surface area (Å²) in [6, 6.07) is 11.5. The monoisotopic (exact) mass is 356 g/mol. The van der Waals surface area contributed by atoms with Crippen molar-refractivity contribution in [1.82, 2.24) is 0 Å². The van der Waals surface area contributed by atoms with Gasteiger partial charge >= 0.3 is 0 Å². The molecule has 1 saturated heterocycles. The molecule has 1 N–H and O–H groups in total. The number of carbonyl (C=O) groups is 2. The number of imide groups is 1. The van der Waals surface area contributed by atoms with E-state index in [1.807, 2.05) is 0 Å². The predicted molar refractivity (Wildman–Crippen MR) is 97.1 cm³/mol. The van der Waals surface area contributed by atoms with Gasteiger partial charge in [0, 0.05) is 11.8 Å². The number of rotatable bonds is 6. The largest absolute Gasteiger partial charge is 0.497 e. The summed E-state index contributed by atoms with van der Waals surface area (Å²) in [7, 11) is 4.60. The van der Waals surface area contributed by atoms with Gasteiger partial charge in [-0.25, -0.2) is 4.90 Å². The Morgan fingerprint density at radius 2 is 1.58 bits per heavy atom. The summed E-state index contributed by atoms with van der Waals surface area (Å²) in [5.74, 6) is 1.08. The number of nitrogens with zero attached hydrogens (tertiary/aromatic N) is 1. The molecule has 1 atom stereocenters. The van der Waals surface area contributed by atoms with Gasteiger partial charge in [-0.2, -0.15) is 0 Å². The second-order valence-corrected chi connectivity index (χ2v) is 5.73. The van der Waals surface area contributed by atoms with Crippen LogP contribution in [0.1, 0.15) is 6.42 Å². The molecular weight excluding hydrogens is 336 g/mol. The molecule has 1 heterocycles. The topological polar surface area (TPSA) is 77.1 Å². The number of carbonyl (C=O) groups excluding carboxylic acids is 2. The molecule has 26 heavy (non-hydrogen) atoms. The average molecular weight is 356 g/mol. The number of amides is 2. The van der Waals surface area contributed by atoms with Crippen LogP contribution in [0.4, 0.5) is 11.4 Å². The highest BCUT2D eigenvalue weighted by atomic mass is 16.5. The van der Waals surface area contributed by atoms with Crippen molar-refractivity contribution in [3.8, 4) is 17.2 Å². The van der Waals surface area contributed by atoms with Crippen molar-refractivity contribution in [3.63, 3.8) is 0 Å². The van der Waals surface area contributed by atoms with Crippen molar-refractivity contribution in [2.75, 3.05) is 31.5 Å². The van der Waals surface area contributed by atoms with Gasteiger partial charge in [0.15, 0.2) is 0 Å². The number of hydrogen-bond acceptors (Lipinski definition) is 6. The summed E-state index contributed by atoms with van der Waals surface area (Å²) < 4.78 is 15.6. The van der Waals surface area contributed by atoms with Crippen LogP contribution in [-0.2, 0) is 9.59 Å². The van der Waals surface area contributed by atoms with E-state index < -0.39 is 6.04 Å². The van der Waals surface area contributed by atoms with Gasteiger partial charge in [-0.1, -0.05) is 0 Å². The van der Waals surface area contributed by atoms with E-state index in [4.69, 9.17) is 14.2 Å². The summed E-state index contributed by atoms with van der Waals surface area (Å²) >= 11 is 0. The van der Waals surface area contributed by atoms with Crippen LogP contribution in [0, 0.1) is 0 Å². The summed E-state index contributed by atoms with van der Waals surface area (Å²) in [5.41, 5.74) is 1.14. The van der Waals surface area contributed by atoms with Gasteiger partial charge in [-0.05, 0) is 36.4 Å². The Bertz CT molecular complexity index is 819. The van der Waals surface area contributed by atoms with Crippen molar-refractivity contribution < 1.29 is 23.8 Å². The van der Waals surface area contributed by atoms with Gasteiger partial charge in [-0.3, -0.25) is 9.59 Å². The Morgan fingerprint density at radius 3 is 2.19 bits per heavy atom. The van der Waals surface area contributed by atoms with Crippen molar-refractivity contribution in [2.45, 2.75) is 12.5 Å². The summed E-state index contributed by atoms with van der Waals surface area (Å²) in [5, 5.41) is 3.10. The van der Waals surface area contributed by atoms with E-state index in [1.165, 1.54) is 14.2 Å². The van der Waals surface area contributed by atoms with Crippen LogP contribution in [0.25, 0.3) is 0 Å². The van der Waals surface area contributed by atoms with Crippen LogP contribution in [0.5, 0.6) is 17.2 Å². The molecule has 1 fully saturated rings.